The zero-order valence-electron chi connectivity index (χ0n) is 10.0. The molecular weight excluding hydrogens is 210 g/mol. The van der Waals surface area contributed by atoms with Gasteiger partial charge in [-0.1, -0.05) is 30.4 Å². The summed E-state index contributed by atoms with van der Waals surface area (Å²) < 4.78 is 6.33. The van der Waals surface area contributed by atoms with E-state index in [1.807, 2.05) is 0 Å². The van der Waals surface area contributed by atoms with Crippen LogP contribution in [0.1, 0.15) is 19.3 Å². The Kier molecular flexibility index (Phi) is 2.19. The molecule has 2 fully saturated rings. The molecule has 2 heteroatoms. The van der Waals surface area contributed by atoms with Gasteiger partial charge in [-0.15, -0.1) is 0 Å². The van der Waals surface area contributed by atoms with Crippen LogP contribution in [0.15, 0.2) is 36.6 Å². The molecule has 0 amide bonds. The highest BCUT2D eigenvalue weighted by atomic mass is 16.5. The van der Waals surface area contributed by atoms with Crippen molar-refractivity contribution in [1.82, 2.24) is 4.90 Å². The van der Waals surface area contributed by atoms with E-state index in [1.54, 1.807) is 0 Å². The average Bonchev–Trinajstić information content (AvgIpc) is 2.78. The predicted molar refractivity (Wildman–Crippen MR) is 67.4 cm³/mol. The van der Waals surface area contributed by atoms with Crippen molar-refractivity contribution in [3.05, 3.63) is 36.6 Å². The number of allylic oxidation sites excluding steroid dienone is 3. The summed E-state index contributed by atoms with van der Waals surface area (Å²) in [7, 11) is 0. The number of rotatable bonds is 0. The Morgan fingerprint density at radius 2 is 2.06 bits per heavy atom. The van der Waals surface area contributed by atoms with Gasteiger partial charge in [0.25, 0.3) is 0 Å². The van der Waals surface area contributed by atoms with Gasteiger partial charge >= 0.3 is 0 Å². The van der Waals surface area contributed by atoms with Crippen LogP contribution in [0.5, 0.6) is 0 Å². The zero-order valence-corrected chi connectivity index (χ0v) is 10.0. The molecule has 0 saturated carbocycles. The Hall–Kier alpha value is -1.02. The molecule has 1 aliphatic carbocycles. The largest absolute Gasteiger partial charge is 0.372 e. The molecule has 0 aromatic rings. The Bertz CT molecular complexity index is 398. The van der Waals surface area contributed by atoms with E-state index in [2.05, 4.69) is 41.5 Å². The SMILES string of the molecule is C1=CC2OC3C(CCN4C=CCC[C@H]34)C2C=C1. The van der Waals surface area contributed by atoms with Crippen molar-refractivity contribution < 1.29 is 4.74 Å². The molecule has 3 heterocycles. The summed E-state index contributed by atoms with van der Waals surface area (Å²) >= 11 is 0. The number of nitrogens with zero attached hydrogens (tertiary/aromatic N) is 1. The quantitative estimate of drug-likeness (QED) is 0.633. The maximum atomic E-state index is 6.33. The lowest BCUT2D eigenvalue weighted by Crippen LogP contribution is -2.50. The minimum atomic E-state index is 0.348. The van der Waals surface area contributed by atoms with Crippen LogP contribution in [0.4, 0.5) is 0 Å². The highest BCUT2D eigenvalue weighted by Gasteiger charge is 2.49. The second-order valence-corrected chi connectivity index (χ2v) is 5.63. The third-order valence-electron chi connectivity index (χ3n) is 4.81. The Labute approximate surface area is 103 Å². The molecule has 0 bridgehead atoms. The lowest BCUT2D eigenvalue weighted by molar-refractivity contribution is -0.0265. The number of hydrogen-bond donors (Lipinski definition) is 0. The molecule has 4 aliphatic rings. The van der Waals surface area contributed by atoms with E-state index >= 15 is 0 Å². The number of piperidine rings is 1. The number of ether oxygens (including phenoxy) is 1. The topological polar surface area (TPSA) is 12.5 Å². The summed E-state index contributed by atoms with van der Waals surface area (Å²) in [6.45, 7) is 1.21. The Morgan fingerprint density at radius 1 is 1.12 bits per heavy atom. The molecule has 2 nitrogen and oxygen atoms in total. The molecule has 17 heavy (non-hydrogen) atoms. The smallest absolute Gasteiger partial charge is 0.0830 e. The first kappa shape index (κ1) is 9.95. The van der Waals surface area contributed by atoms with Crippen molar-refractivity contribution in [2.75, 3.05) is 6.54 Å². The predicted octanol–water partition coefficient (Wildman–Crippen LogP) is 2.49. The molecule has 3 aliphatic heterocycles. The lowest BCUT2D eigenvalue weighted by Gasteiger charge is -2.44. The third kappa shape index (κ3) is 1.43. The first-order chi connectivity index (χ1) is 8.43. The first-order valence-corrected chi connectivity index (χ1v) is 6.86. The Balaban J connectivity index is 1.64. The molecule has 0 spiro atoms. The molecule has 0 aromatic heterocycles. The molecule has 4 rings (SSSR count). The highest BCUT2D eigenvalue weighted by Crippen LogP contribution is 2.44. The molecule has 0 radical (unpaired) electrons. The van der Waals surface area contributed by atoms with Crippen LogP contribution in [0.2, 0.25) is 0 Å². The fourth-order valence-corrected chi connectivity index (χ4v) is 4.01. The lowest BCUT2D eigenvalue weighted by atomic mass is 9.77. The van der Waals surface area contributed by atoms with Crippen molar-refractivity contribution in [1.29, 1.82) is 0 Å². The van der Waals surface area contributed by atoms with Crippen molar-refractivity contribution >= 4 is 0 Å². The summed E-state index contributed by atoms with van der Waals surface area (Å²) in [5, 5.41) is 0. The van der Waals surface area contributed by atoms with Gasteiger partial charge in [-0.3, -0.25) is 0 Å². The van der Waals surface area contributed by atoms with Crippen molar-refractivity contribution in [3.63, 3.8) is 0 Å². The summed E-state index contributed by atoms with van der Waals surface area (Å²) in [5.41, 5.74) is 0. The summed E-state index contributed by atoms with van der Waals surface area (Å²) in [5.74, 6) is 1.38. The summed E-state index contributed by atoms with van der Waals surface area (Å²) in [6.07, 6.45) is 18.1. The van der Waals surface area contributed by atoms with Crippen molar-refractivity contribution in [2.45, 2.75) is 37.5 Å². The second-order valence-electron chi connectivity index (χ2n) is 5.63. The van der Waals surface area contributed by atoms with E-state index in [0.717, 1.165) is 5.92 Å². The van der Waals surface area contributed by atoms with E-state index in [4.69, 9.17) is 4.74 Å². The number of hydrogen-bond acceptors (Lipinski definition) is 2. The first-order valence-electron chi connectivity index (χ1n) is 6.86. The molecule has 0 aromatic carbocycles. The van der Waals surface area contributed by atoms with Gasteiger partial charge in [-0.05, 0) is 31.4 Å². The van der Waals surface area contributed by atoms with Crippen molar-refractivity contribution in [3.8, 4) is 0 Å². The normalized spacial score (nSPS) is 46.6. The van der Waals surface area contributed by atoms with Crippen LogP contribution in [-0.2, 0) is 4.74 Å². The fraction of sp³-hybridized carbons (Fsp3) is 0.600. The molecule has 4 unspecified atom stereocenters. The third-order valence-corrected chi connectivity index (χ3v) is 4.81. The van der Waals surface area contributed by atoms with Crippen molar-refractivity contribution in [2.24, 2.45) is 11.8 Å². The minimum absolute atomic E-state index is 0.348. The molecule has 5 atom stereocenters. The molecule has 0 N–H and O–H groups in total. The second kappa shape index (κ2) is 3.74. The van der Waals surface area contributed by atoms with Crippen LogP contribution >= 0.6 is 0 Å². The molecular formula is C15H19NO. The summed E-state index contributed by atoms with van der Waals surface area (Å²) in [6, 6.07) is 0.631. The van der Waals surface area contributed by atoms with E-state index in [9.17, 15) is 0 Å². The van der Waals surface area contributed by atoms with Gasteiger partial charge in [0.1, 0.15) is 0 Å². The minimum Gasteiger partial charge on any atom is -0.372 e. The average molecular weight is 229 g/mol. The van der Waals surface area contributed by atoms with Gasteiger partial charge in [0.15, 0.2) is 0 Å². The van der Waals surface area contributed by atoms with E-state index < -0.39 is 0 Å². The Morgan fingerprint density at radius 3 is 3.06 bits per heavy atom. The van der Waals surface area contributed by atoms with E-state index in [1.165, 1.54) is 25.8 Å². The zero-order chi connectivity index (χ0) is 11.2. The van der Waals surface area contributed by atoms with Gasteiger partial charge in [-0.25, -0.2) is 0 Å². The van der Waals surface area contributed by atoms with Gasteiger partial charge in [0, 0.05) is 12.5 Å². The maximum absolute atomic E-state index is 6.33. The van der Waals surface area contributed by atoms with E-state index in [0.29, 0.717) is 24.2 Å². The van der Waals surface area contributed by atoms with Crippen LogP contribution < -0.4 is 0 Å². The highest BCUT2D eigenvalue weighted by molar-refractivity contribution is 5.21. The van der Waals surface area contributed by atoms with Gasteiger partial charge < -0.3 is 9.64 Å². The van der Waals surface area contributed by atoms with Crippen LogP contribution in [0.25, 0.3) is 0 Å². The summed E-state index contributed by atoms with van der Waals surface area (Å²) in [4.78, 5) is 2.51. The van der Waals surface area contributed by atoms with Crippen LogP contribution in [0.3, 0.4) is 0 Å². The number of fused-ring (bicyclic) bond motifs is 5. The van der Waals surface area contributed by atoms with Gasteiger partial charge in [0.05, 0.1) is 18.2 Å². The van der Waals surface area contributed by atoms with Crippen LogP contribution in [-0.4, -0.2) is 29.7 Å². The molecule has 2 saturated heterocycles. The maximum Gasteiger partial charge on any atom is 0.0830 e. The van der Waals surface area contributed by atoms with Crippen LogP contribution in [0, 0.1) is 11.8 Å². The standard InChI is InChI=1S/C15H19NO/c1-2-7-14-11(5-1)12-8-10-16-9-4-3-6-13(16)15(12)17-14/h1-2,4-5,7,9,11-15H,3,6,8,10H2/t11?,12?,13-,14?,15?/m1/s1. The van der Waals surface area contributed by atoms with E-state index in [-0.39, 0.29) is 0 Å². The molecule has 90 valence electrons. The monoisotopic (exact) mass is 229 g/mol. The van der Waals surface area contributed by atoms with Gasteiger partial charge in [-0.2, -0.15) is 0 Å². The van der Waals surface area contributed by atoms with Gasteiger partial charge in [0.2, 0.25) is 0 Å². The fourth-order valence-electron chi connectivity index (χ4n) is 4.01.